The summed E-state index contributed by atoms with van der Waals surface area (Å²) < 4.78 is 66.6. The van der Waals surface area contributed by atoms with E-state index < -0.39 is 65.2 Å². The number of fused-ring (bicyclic) bond motifs is 2. The molecule has 4 amide bonds. The van der Waals surface area contributed by atoms with Crippen LogP contribution in [0.1, 0.15) is 20.7 Å². The molecule has 16 nitrogen and oxygen atoms in total. The van der Waals surface area contributed by atoms with E-state index in [9.17, 15) is 55.3 Å². The molecule has 0 aliphatic rings. The topological polar surface area (TPSA) is 266 Å². The van der Waals surface area contributed by atoms with Crippen molar-refractivity contribution >= 4 is 88.2 Å². The summed E-state index contributed by atoms with van der Waals surface area (Å²) in [6, 6.07) is 24.1. The second kappa shape index (κ2) is 14.3. The van der Waals surface area contributed by atoms with E-state index in [1.165, 1.54) is 97.1 Å². The number of rotatable bonds is 8. The zero-order valence-electron chi connectivity index (χ0n) is 27.3. The molecule has 0 heterocycles. The summed E-state index contributed by atoms with van der Waals surface area (Å²) in [5.74, 6) is -5.14. The number of aromatic hydroxyl groups is 2. The maximum absolute atomic E-state index is 13.2. The molecule has 0 saturated carbocycles. The zero-order valence-corrected chi connectivity index (χ0v) is 28.9. The van der Waals surface area contributed by atoms with Crippen LogP contribution >= 0.6 is 0 Å². The minimum Gasteiger partial charge on any atom is -0.506 e. The normalized spacial score (nSPS) is 11.5. The summed E-state index contributed by atoms with van der Waals surface area (Å²) >= 11 is 0. The molecule has 18 heteroatoms. The van der Waals surface area contributed by atoms with Crippen LogP contribution in [-0.2, 0) is 29.8 Å². The number of nitrogens with one attached hydrogen (secondary N) is 4. The Bertz CT molecular complexity index is 2600. The lowest BCUT2D eigenvalue weighted by atomic mass is 10.1. The molecular formula is C36H26N4O12S2. The molecule has 8 N–H and O–H groups in total. The first-order chi connectivity index (χ1) is 25.5. The number of anilines is 4. The molecule has 0 unspecified atom stereocenters. The van der Waals surface area contributed by atoms with E-state index in [1.54, 1.807) is 0 Å². The Balaban J connectivity index is 1.14. The van der Waals surface area contributed by atoms with Gasteiger partial charge in [-0.25, -0.2) is 0 Å². The van der Waals surface area contributed by atoms with Gasteiger partial charge in [0.2, 0.25) is 0 Å². The fourth-order valence-corrected chi connectivity index (χ4v) is 7.00. The second-order valence-electron chi connectivity index (χ2n) is 11.6. The van der Waals surface area contributed by atoms with Gasteiger partial charge in [-0.3, -0.25) is 28.3 Å². The van der Waals surface area contributed by atoms with E-state index in [-0.39, 0.29) is 55.4 Å². The van der Waals surface area contributed by atoms with Gasteiger partial charge in [-0.15, -0.1) is 0 Å². The lowest BCUT2D eigenvalue weighted by molar-refractivity contribution is -0.132. The molecule has 0 spiro atoms. The van der Waals surface area contributed by atoms with Crippen LogP contribution in [0.5, 0.6) is 11.5 Å². The molecule has 6 rings (SSSR count). The van der Waals surface area contributed by atoms with Crippen LogP contribution in [-0.4, -0.2) is 59.8 Å². The van der Waals surface area contributed by atoms with Gasteiger partial charge in [0.05, 0.1) is 11.4 Å². The summed E-state index contributed by atoms with van der Waals surface area (Å²) in [7, 11) is -9.44. The molecule has 0 radical (unpaired) electrons. The van der Waals surface area contributed by atoms with Crippen molar-refractivity contribution < 1.29 is 55.3 Å². The number of amides is 4. The molecule has 0 bridgehead atoms. The van der Waals surface area contributed by atoms with Gasteiger partial charge in [-0.2, -0.15) is 16.8 Å². The van der Waals surface area contributed by atoms with Crippen molar-refractivity contribution in [3.63, 3.8) is 0 Å². The summed E-state index contributed by atoms with van der Waals surface area (Å²) in [5, 5.41) is 31.1. The average Bonchev–Trinajstić information content (AvgIpc) is 3.12. The number of benzene rings is 6. The fourth-order valence-electron chi connectivity index (χ4n) is 5.57. The lowest BCUT2D eigenvalue weighted by Crippen LogP contribution is -2.29. The van der Waals surface area contributed by atoms with Crippen LogP contribution in [0.2, 0.25) is 0 Å². The molecule has 0 saturated heterocycles. The van der Waals surface area contributed by atoms with Crippen LogP contribution < -0.4 is 21.3 Å². The summed E-state index contributed by atoms with van der Waals surface area (Å²) in [6.07, 6.45) is 0. The Hall–Kier alpha value is -6.86. The van der Waals surface area contributed by atoms with Crippen molar-refractivity contribution in [2.75, 3.05) is 21.3 Å². The minimum absolute atomic E-state index is 0.0266. The van der Waals surface area contributed by atoms with Crippen molar-refractivity contribution in [2.45, 2.75) is 9.79 Å². The summed E-state index contributed by atoms with van der Waals surface area (Å²) in [6.45, 7) is 0. The van der Waals surface area contributed by atoms with Crippen LogP contribution in [0.15, 0.2) is 119 Å². The standard InChI is InChI=1S/C36H26N4O12S2/c41-27-17-29(53(47,48)49)23-11-1-3-13-25(23)31(27)39-33(43)19-7-5-9-21(15-19)37-35(45)36(46)38-22-10-6-8-20(16-22)34(44)40-32-26-14-4-2-12-24(26)30(18-28(32)42)54(50,51)52/h1-18,41-42H,(H,37,45)(H,38,46)(H,39,43)(H,40,44)(H,47,48,49)(H,50,51,52). The number of phenols is 2. The molecule has 274 valence electrons. The second-order valence-corrected chi connectivity index (χ2v) is 14.3. The van der Waals surface area contributed by atoms with Gasteiger partial charge >= 0.3 is 11.8 Å². The highest BCUT2D eigenvalue weighted by molar-refractivity contribution is 7.86. The van der Waals surface area contributed by atoms with Gasteiger partial charge in [-0.1, -0.05) is 60.7 Å². The van der Waals surface area contributed by atoms with E-state index in [0.29, 0.717) is 0 Å². The minimum atomic E-state index is -4.72. The van der Waals surface area contributed by atoms with Gasteiger partial charge in [-0.05, 0) is 36.4 Å². The van der Waals surface area contributed by atoms with E-state index in [1.807, 2.05) is 0 Å². The molecule has 0 aliphatic carbocycles. The van der Waals surface area contributed by atoms with Crippen molar-refractivity contribution in [3.05, 3.63) is 120 Å². The van der Waals surface area contributed by atoms with Gasteiger partial charge in [0.1, 0.15) is 21.3 Å². The summed E-state index contributed by atoms with van der Waals surface area (Å²) in [4.78, 5) is 50.9. The maximum atomic E-state index is 13.2. The highest BCUT2D eigenvalue weighted by Gasteiger charge is 2.23. The Morgan fingerprint density at radius 3 is 1.15 bits per heavy atom. The molecule has 0 fully saturated rings. The predicted molar refractivity (Wildman–Crippen MR) is 197 cm³/mol. The molecule has 6 aromatic carbocycles. The smallest absolute Gasteiger partial charge is 0.314 e. The molecule has 0 aliphatic heterocycles. The Labute approximate surface area is 305 Å². The SMILES string of the molecule is O=C(Nc1cccc(C(=O)Nc2c(O)cc(S(=O)(=O)O)c3ccccc23)c1)C(=O)Nc1cccc(C(=O)Nc2c(O)cc(S(=O)(=O)O)c3ccccc23)c1. The predicted octanol–water partition coefficient (Wildman–Crippen LogP) is 4.98. The van der Waals surface area contributed by atoms with Crippen molar-refractivity contribution in [2.24, 2.45) is 0 Å². The van der Waals surface area contributed by atoms with Gasteiger partial charge in [0, 0.05) is 56.2 Å². The number of phenolic OH excluding ortho intramolecular Hbond substituents is 2. The van der Waals surface area contributed by atoms with Crippen molar-refractivity contribution in [3.8, 4) is 11.5 Å². The van der Waals surface area contributed by atoms with Gasteiger partial charge < -0.3 is 31.5 Å². The average molecular weight is 771 g/mol. The van der Waals surface area contributed by atoms with E-state index in [2.05, 4.69) is 21.3 Å². The third-order valence-electron chi connectivity index (χ3n) is 7.98. The van der Waals surface area contributed by atoms with Crippen molar-refractivity contribution in [1.82, 2.24) is 0 Å². The Kier molecular flexibility index (Phi) is 9.76. The van der Waals surface area contributed by atoms with Crippen molar-refractivity contribution in [1.29, 1.82) is 0 Å². The van der Waals surface area contributed by atoms with Gasteiger partial charge in [0.15, 0.2) is 0 Å². The summed E-state index contributed by atoms with van der Waals surface area (Å²) in [5.41, 5.74) is -0.292. The molecule has 0 aromatic heterocycles. The van der Waals surface area contributed by atoms with Crippen LogP contribution in [0.3, 0.4) is 0 Å². The van der Waals surface area contributed by atoms with E-state index in [0.717, 1.165) is 12.1 Å². The van der Waals surface area contributed by atoms with Gasteiger partial charge in [0.25, 0.3) is 32.1 Å². The third kappa shape index (κ3) is 7.66. The van der Waals surface area contributed by atoms with Crippen LogP contribution in [0.25, 0.3) is 21.5 Å². The molecule has 54 heavy (non-hydrogen) atoms. The van der Waals surface area contributed by atoms with E-state index >= 15 is 0 Å². The Morgan fingerprint density at radius 1 is 0.444 bits per heavy atom. The monoisotopic (exact) mass is 770 g/mol. The molecule has 6 aromatic rings. The third-order valence-corrected chi connectivity index (χ3v) is 9.76. The first-order valence-electron chi connectivity index (χ1n) is 15.4. The van der Waals surface area contributed by atoms with Crippen LogP contribution in [0, 0.1) is 0 Å². The van der Waals surface area contributed by atoms with E-state index in [4.69, 9.17) is 0 Å². The maximum Gasteiger partial charge on any atom is 0.314 e. The molecule has 0 atom stereocenters. The number of hydrogen-bond acceptors (Lipinski definition) is 10. The zero-order chi connectivity index (χ0) is 38.9. The van der Waals surface area contributed by atoms with Crippen LogP contribution in [0.4, 0.5) is 22.7 Å². The number of carbonyl (C=O) groups excluding carboxylic acids is 4. The lowest BCUT2D eigenvalue weighted by Gasteiger charge is -2.14. The molecular weight excluding hydrogens is 745 g/mol. The fraction of sp³-hybridized carbons (Fsp3) is 0. The number of hydrogen-bond donors (Lipinski definition) is 8. The highest BCUT2D eigenvalue weighted by Crippen LogP contribution is 2.39. The first-order valence-corrected chi connectivity index (χ1v) is 18.3. The largest absolute Gasteiger partial charge is 0.506 e. The first kappa shape index (κ1) is 36.9. The highest BCUT2D eigenvalue weighted by atomic mass is 32.2. The quantitative estimate of drug-likeness (QED) is 0.0579. The Morgan fingerprint density at radius 2 is 0.796 bits per heavy atom. The number of carbonyl (C=O) groups is 4.